The van der Waals surface area contributed by atoms with E-state index in [9.17, 15) is 9.18 Å². The molecule has 19 heavy (non-hydrogen) atoms. The van der Waals surface area contributed by atoms with Gasteiger partial charge in [0.25, 0.3) is 5.91 Å². The zero-order valence-corrected chi connectivity index (χ0v) is 11.4. The molecule has 100 valence electrons. The van der Waals surface area contributed by atoms with Crippen LogP contribution in [0.1, 0.15) is 29.2 Å². The maximum Gasteiger partial charge on any atom is 0.255 e. The van der Waals surface area contributed by atoms with Crippen LogP contribution in [0.2, 0.25) is 0 Å². The predicted molar refractivity (Wildman–Crippen MR) is 73.4 cm³/mol. The molecule has 2 aromatic rings. The van der Waals surface area contributed by atoms with E-state index in [0.29, 0.717) is 0 Å². The summed E-state index contributed by atoms with van der Waals surface area (Å²) in [4.78, 5) is 16.2. The standard InChI is InChI=1S/C13H14FN3OS/c1-13(2,12-16-5-6-19-12)17-11(18)9-4-3-8(15)7-10(9)14/h3-7H,15H2,1-2H3,(H,17,18). The highest BCUT2D eigenvalue weighted by Gasteiger charge is 2.27. The molecule has 6 heteroatoms. The molecular weight excluding hydrogens is 265 g/mol. The van der Waals surface area contributed by atoms with Crippen molar-refractivity contribution in [3.05, 3.63) is 46.2 Å². The molecule has 1 aromatic heterocycles. The average Bonchev–Trinajstić information content (AvgIpc) is 2.81. The second-order valence-electron chi connectivity index (χ2n) is 4.66. The van der Waals surface area contributed by atoms with E-state index in [1.165, 1.54) is 23.5 Å². The van der Waals surface area contributed by atoms with Crippen LogP contribution in [0, 0.1) is 5.82 Å². The number of hydrogen-bond donors (Lipinski definition) is 2. The molecule has 0 saturated heterocycles. The number of nitrogen functional groups attached to an aromatic ring is 1. The fourth-order valence-electron chi connectivity index (χ4n) is 1.65. The molecule has 0 fully saturated rings. The summed E-state index contributed by atoms with van der Waals surface area (Å²) in [6.45, 7) is 3.64. The van der Waals surface area contributed by atoms with Crippen LogP contribution in [-0.2, 0) is 5.54 Å². The number of thiazole rings is 1. The number of carbonyl (C=O) groups excluding carboxylic acids is 1. The summed E-state index contributed by atoms with van der Waals surface area (Å²) in [6.07, 6.45) is 1.66. The zero-order valence-electron chi connectivity index (χ0n) is 10.6. The highest BCUT2D eigenvalue weighted by Crippen LogP contribution is 2.23. The number of aromatic nitrogens is 1. The maximum absolute atomic E-state index is 13.7. The maximum atomic E-state index is 13.7. The molecule has 0 aliphatic rings. The van der Waals surface area contributed by atoms with Gasteiger partial charge in [0, 0.05) is 17.3 Å². The Labute approximate surface area is 114 Å². The van der Waals surface area contributed by atoms with Gasteiger partial charge in [0.1, 0.15) is 10.8 Å². The normalized spacial score (nSPS) is 11.3. The summed E-state index contributed by atoms with van der Waals surface area (Å²) in [5.41, 5.74) is 5.05. The van der Waals surface area contributed by atoms with Crippen LogP contribution in [0.15, 0.2) is 29.8 Å². The Kier molecular flexibility index (Phi) is 3.53. The number of nitrogens with two attached hydrogens (primary N) is 1. The minimum absolute atomic E-state index is 0.0289. The summed E-state index contributed by atoms with van der Waals surface area (Å²) in [5, 5.41) is 5.35. The molecule has 0 spiro atoms. The van der Waals surface area contributed by atoms with Gasteiger partial charge in [-0.05, 0) is 32.0 Å². The summed E-state index contributed by atoms with van der Waals surface area (Å²) >= 11 is 1.43. The summed E-state index contributed by atoms with van der Waals surface area (Å²) in [5.74, 6) is -1.12. The minimum atomic E-state index is -0.654. The van der Waals surface area contributed by atoms with Gasteiger partial charge in [-0.2, -0.15) is 0 Å². The first kappa shape index (κ1) is 13.5. The lowest BCUT2D eigenvalue weighted by Gasteiger charge is -2.23. The first-order valence-corrected chi connectivity index (χ1v) is 6.55. The van der Waals surface area contributed by atoms with E-state index in [2.05, 4.69) is 10.3 Å². The number of benzene rings is 1. The highest BCUT2D eigenvalue weighted by molar-refractivity contribution is 7.09. The molecule has 4 nitrogen and oxygen atoms in total. The molecule has 0 aliphatic heterocycles. The molecule has 2 rings (SSSR count). The van der Waals surface area contributed by atoms with Crippen LogP contribution in [0.3, 0.4) is 0 Å². The van der Waals surface area contributed by atoms with Gasteiger partial charge >= 0.3 is 0 Å². The molecule has 0 saturated carbocycles. The Morgan fingerprint density at radius 2 is 2.21 bits per heavy atom. The van der Waals surface area contributed by atoms with Crippen LogP contribution in [0.4, 0.5) is 10.1 Å². The van der Waals surface area contributed by atoms with E-state index in [1.807, 2.05) is 19.2 Å². The van der Waals surface area contributed by atoms with Gasteiger partial charge in [-0.1, -0.05) is 0 Å². The number of nitrogens with zero attached hydrogens (tertiary/aromatic N) is 1. The van der Waals surface area contributed by atoms with Crippen molar-refractivity contribution in [2.45, 2.75) is 19.4 Å². The van der Waals surface area contributed by atoms with Crippen LogP contribution < -0.4 is 11.1 Å². The van der Waals surface area contributed by atoms with Crippen LogP contribution in [0.25, 0.3) is 0 Å². The molecule has 0 atom stereocenters. The first-order chi connectivity index (χ1) is 8.90. The largest absolute Gasteiger partial charge is 0.399 e. The van der Waals surface area contributed by atoms with Crippen molar-refractivity contribution in [2.24, 2.45) is 0 Å². The van der Waals surface area contributed by atoms with Crippen molar-refractivity contribution in [2.75, 3.05) is 5.73 Å². The second kappa shape index (κ2) is 4.97. The van der Waals surface area contributed by atoms with Crippen LogP contribution >= 0.6 is 11.3 Å². The van der Waals surface area contributed by atoms with Gasteiger partial charge in [-0.3, -0.25) is 4.79 Å². The molecule has 0 radical (unpaired) electrons. The monoisotopic (exact) mass is 279 g/mol. The number of nitrogens with one attached hydrogen (secondary N) is 1. The van der Waals surface area contributed by atoms with E-state index in [0.717, 1.165) is 11.1 Å². The Bertz CT molecular complexity index is 596. The lowest BCUT2D eigenvalue weighted by molar-refractivity contribution is 0.0908. The predicted octanol–water partition coefficient (Wildman–Crippen LogP) is 2.53. The topological polar surface area (TPSA) is 68.0 Å². The zero-order chi connectivity index (χ0) is 14.0. The summed E-state index contributed by atoms with van der Waals surface area (Å²) in [6, 6.07) is 4.00. The SMILES string of the molecule is CC(C)(NC(=O)c1ccc(N)cc1F)c1nccs1. The second-order valence-corrected chi connectivity index (χ2v) is 5.55. The molecule has 1 amide bonds. The molecular formula is C13H14FN3OS. The van der Waals surface area contributed by atoms with E-state index in [-0.39, 0.29) is 11.3 Å². The summed E-state index contributed by atoms with van der Waals surface area (Å²) in [7, 11) is 0. The van der Waals surface area contributed by atoms with E-state index >= 15 is 0 Å². The minimum Gasteiger partial charge on any atom is -0.399 e. The number of halogens is 1. The lowest BCUT2D eigenvalue weighted by Crippen LogP contribution is -2.41. The lowest BCUT2D eigenvalue weighted by atomic mass is 10.1. The first-order valence-electron chi connectivity index (χ1n) is 5.67. The average molecular weight is 279 g/mol. The third kappa shape index (κ3) is 2.90. The van der Waals surface area contributed by atoms with Gasteiger partial charge < -0.3 is 11.1 Å². The van der Waals surface area contributed by atoms with Crippen molar-refractivity contribution < 1.29 is 9.18 Å². The van der Waals surface area contributed by atoms with Gasteiger partial charge in [-0.25, -0.2) is 9.37 Å². The van der Waals surface area contributed by atoms with E-state index in [1.54, 1.807) is 6.20 Å². The number of hydrogen-bond acceptors (Lipinski definition) is 4. The Hall–Kier alpha value is -1.95. The van der Waals surface area contributed by atoms with Crippen molar-refractivity contribution in [3.8, 4) is 0 Å². The quantitative estimate of drug-likeness (QED) is 0.848. The molecule has 3 N–H and O–H groups in total. The molecule has 0 aliphatic carbocycles. The fraction of sp³-hybridized carbons (Fsp3) is 0.231. The Balaban J connectivity index is 2.21. The Morgan fingerprint density at radius 1 is 1.47 bits per heavy atom. The van der Waals surface area contributed by atoms with Crippen molar-refractivity contribution in [1.82, 2.24) is 10.3 Å². The third-order valence-electron chi connectivity index (χ3n) is 2.63. The van der Waals surface area contributed by atoms with Gasteiger partial charge in [-0.15, -0.1) is 11.3 Å². The molecule has 1 aromatic carbocycles. The molecule has 1 heterocycles. The fourth-order valence-corrected chi connectivity index (χ4v) is 2.37. The van der Waals surface area contributed by atoms with Gasteiger partial charge in [0.2, 0.25) is 0 Å². The van der Waals surface area contributed by atoms with Crippen LogP contribution in [-0.4, -0.2) is 10.9 Å². The van der Waals surface area contributed by atoms with E-state index in [4.69, 9.17) is 5.73 Å². The number of rotatable bonds is 3. The van der Waals surface area contributed by atoms with Crippen LogP contribution in [0.5, 0.6) is 0 Å². The number of amides is 1. The van der Waals surface area contributed by atoms with Crippen molar-refractivity contribution in [3.63, 3.8) is 0 Å². The van der Waals surface area contributed by atoms with Crippen molar-refractivity contribution >= 4 is 22.9 Å². The van der Waals surface area contributed by atoms with Crippen molar-refractivity contribution in [1.29, 1.82) is 0 Å². The Morgan fingerprint density at radius 3 is 2.79 bits per heavy atom. The van der Waals surface area contributed by atoms with Gasteiger partial charge in [0.15, 0.2) is 0 Å². The molecule has 0 unspecified atom stereocenters. The van der Waals surface area contributed by atoms with E-state index < -0.39 is 17.3 Å². The summed E-state index contributed by atoms with van der Waals surface area (Å²) < 4.78 is 13.7. The number of anilines is 1. The smallest absolute Gasteiger partial charge is 0.255 e. The molecule has 0 bridgehead atoms. The van der Waals surface area contributed by atoms with Gasteiger partial charge in [0.05, 0.1) is 11.1 Å². The third-order valence-corrected chi connectivity index (χ3v) is 3.73. The highest BCUT2D eigenvalue weighted by atomic mass is 32.1. The number of carbonyl (C=O) groups is 1.